The molecule has 0 fully saturated rings. The van der Waals surface area contributed by atoms with E-state index in [4.69, 9.17) is 0 Å². The first-order valence-corrected chi connectivity index (χ1v) is 6.91. The summed E-state index contributed by atoms with van der Waals surface area (Å²) >= 11 is 3.37. The number of phenols is 1. The normalized spacial score (nSPS) is 11.2. The van der Waals surface area contributed by atoms with Gasteiger partial charge < -0.3 is 5.11 Å². The van der Waals surface area contributed by atoms with E-state index in [0.29, 0.717) is 5.69 Å². The van der Waals surface area contributed by atoms with Crippen LogP contribution in [0.3, 0.4) is 0 Å². The molecule has 0 saturated heterocycles. The average molecular weight is 327 g/mol. The van der Waals surface area contributed by atoms with Crippen molar-refractivity contribution in [3.63, 3.8) is 0 Å². The van der Waals surface area contributed by atoms with Gasteiger partial charge in [-0.3, -0.25) is 0 Å². The summed E-state index contributed by atoms with van der Waals surface area (Å²) < 4.78 is 0.990. The number of phenolic OH excluding ortho intramolecular Hbond substituents is 1. The molecule has 0 aromatic heterocycles. The zero-order valence-electron chi connectivity index (χ0n) is 10.5. The highest BCUT2D eigenvalue weighted by atomic mass is 79.9. The smallest absolute Gasteiger partial charge is 0.143 e. The minimum atomic E-state index is 0.129. The Hall–Kier alpha value is -2.20. The predicted molar refractivity (Wildman–Crippen MR) is 83.9 cm³/mol. The van der Waals surface area contributed by atoms with E-state index < -0.39 is 0 Å². The van der Waals surface area contributed by atoms with Gasteiger partial charge in [0.05, 0.1) is 5.69 Å². The third kappa shape index (κ3) is 2.56. The summed E-state index contributed by atoms with van der Waals surface area (Å²) in [6.07, 6.45) is 0. The van der Waals surface area contributed by atoms with Gasteiger partial charge in [-0.25, -0.2) is 0 Å². The van der Waals surface area contributed by atoms with Gasteiger partial charge in [-0.05, 0) is 35.7 Å². The summed E-state index contributed by atoms with van der Waals surface area (Å²) in [4.78, 5) is 0. The summed E-state index contributed by atoms with van der Waals surface area (Å²) in [5, 5.41) is 20.2. The summed E-state index contributed by atoms with van der Waals surface area (Å²) in [7, 11) is 0. The van der Waals surface area contributed by atoms with Gasteiger partial charge in [0.2, 0.25) is 0 Å². The number of nitrogens with zero attached hydrogens (tertiary/aromatic N) is 2. The van der Waals surface area contributed by atoms with Crippen LogP contribution in [0, 0.1) is 0 Å². The summed E-state index contributed by atoms with van der Waals surface area (Å²) in [5.41, 5.74) is 1.23. The van der Waals surface area contributed by atoms with Crippen molar-refractivity contribution in [2.75, 3.05) is 0 Å². The quantitative estimate of drug-likeness (QED) is 0.601. The molecule has 3 rings (SSSR count). The number of benzene rings is 3. The monoisotopic (exact) mass is 326 g/mol. The number of azo groups is 1. The summed E-state index contributed by atoms with van der Waals surface area (Å²) in [6.45, 7) is 0. The lowest BCUT2D eigenvalue weighted by Crippen LogP contribution is -1.74. The lowest BCUT2D eigenvalue weighted by atomic mass is 10.1. The molecule has 3 nitrogen and oxygen atoms in total. The van der Waals surface area contributed by atoms with Gasteiger partial charge in [0.1, 0.15) is 11.4 Å². The molecule has 0 radical (unpaired) electrons. The van der Waals surface area contributed by atoms with Crippen molar-refractivity contribution in [1.82, 2.24) is 0 Å². The first-order chi connectivity index (χ1) is 9.74. The highest BCUT2D eigenvalue weighted by molar-refractivity contribution is 9.10. The largest absolute Gasteiger partial charge is 0.506 e. The van der Waals surface area contributed by atoms with E-state index in [1.165, 1.54) is 0 Å². The lowest BCUT2D eigenvalue weighted by molar-refractivity contribution is 0.477. The third-order valence-electron chi connectivity index (χ3n) is 2.97. The predicted octanol–water partition coefficient (Wildman–Crippen LogP) is 5.72. The Balaban J connectivity index is 2.06. The van der Waals surface area contributed by atoms with E-state index in [1.54, 1.807) is 6.07 Å². The first-order valence-electron chi connectivity index (χ1n) is 6.12. The number of hydrogen-bond donors (Lipinski definition) is 1. The molecule has 0 saturated carbocycles. The molecular weight excluding hydrogens is 316 g/mol. The van der Waals surface area contributed by atoms with Crippen LogP contribution in [0.25, 0.3) is 10.8 Å². The topological polar surface area (TPSA) is 45.0 Å². The molecule has 0 aliphatic rings. The van der Waals surface area contributed by atoms with Crippen molar-refractivity contribution in [3.8, 4) is 5.75 Å². The van der Waals surface area contributed by atoms with Gasteiger partial charge in [0, 0.05) is 9.86 Å². The van der Waals surface area contributed by atoms with Crippen molar-refractivity contribution < 1.29 is 5.11 Å². The molecule has 0 aliphatic carbocycles. The fraction of sp³-hybridized carbons (Fsp3) is 0. The van der Waals surface area contributed by atoms with Crippen molar-refractivity contribution in [3.05, 3.63) is 65.1 Å². The van der Waals surface area contributed by atoms with Gasteiger partial charge in [-0.1, -0.05) is 46.3 Å². The molecular formula is C16H11BrN2O. The Morgan fingerprint density at radius 2 is 1.55 bits per heavy atom. The lowest BCUT2D eigenvalue weighted by Gasteiger charge is -2.03. The van der Waals surface area contributed by atoms with E-state index in [-0.39, 0.29) is 5.75 Å². The molecule has 0 spiro atoms. The SMILES string of the molecule is Oc1ccc2ccccc2c1N=Nc1ccc(Br)cc1. The molecule has 0 unspecified atom stereocenters. The zero-order valence-corrected chi connectivity index (χ0v) is 12.1. The van der Waals surface area contributed by atoms with Gasteiger partial charge in [0.25, 0.3) is 0 Å². The maximum Gasteiger partial charge on any atom is 0.143 e. The van der Waals surface area contributed by atoms with Gasteiger partial charge in [-0.15, -0.1) is 5.11 Å². The molecule has 1 N–H and O–H groups in total. The Kier molecular flexibility index (Phi) is 3.48. The number of fused-ring (bicyclic) bond motifs is 1. The number of aromatic hydroxyl groups is 1. The van der Waals surface area contributed by atoms with Crippen LogP contribution in [0.15, 0.2) is 75.4 Å². The highest BCUT2D eigenvalue weighted by Gasteiger charge is 2.05. The molecule has 0 heterocycles. The van der Waals surface area contributed by atoms with Crippen LogP contribution in [-0.4, -0.2) is 5.11 Å². The van der Waals surface area contributed by atoms with Crippen LogP contribution < -0.4 is 0 Å². The minimum absolute atomic E-state index is 0.129. The Bertz CT molecular complexity index is 782. The standard InChI is InChI=1S/C16H11BrN2O/c17-12-6-8-13(9-7-12)18-19-16-14-4-2-1-3-11(14)5-10-15(16)20/h1-10,20H. The molecule has 3 aromatic rings. The average Bonchev–Trinajstić information content (AvgIpc) is 2.48. The second-order valence-electron chi connectivity index (χ2n) is 4.33. The van der Waals surface area contributed by atoms with Crippen molar-refractivity contribution in [2.24, 2.45) is 10.2 Å². The number of hydrogen-bond acceptors (Lipinski definition) is 3. The molecule has 0 amide bonds. The number of halogens is 1. The van der Waals surface area contributed by atoms with Gasteiger partial charge >= 0.3 is 0 Å². The highest BCUT2D eigenvalue weighted by Crippen LogP contribution is 2.35. The maximum absolute atomic E-state index is 9.97. The maximum atomic E-state index is 9.97. The second-order valence-corrected chi connectivity index (χ2v) is 5.25. The Morgan fingerprint density at radius 3 is 2.35 bits per heavy atom. The molecule has 20 heavy (non-hydrogen) atoms. The molecule has 0 atom stereocenters. The molecule has 0 bridgehead atoms. The van der Waals surface area contributed by atoms with Gasteiger partial charge in [0.15, 0.2) is 0 Å². The second kappa shape index (κ2) is 5.43. The fourth-order valence-corrected chi connectivity index (χ4v) is 2.23. The fourth-order valence-electron chi connectivity index (χ4n) is 1.96. The summed E-state index contributed by atoms with van der Waals surface area (Å²) in [6, 6.07) is 18.8. The molecule has 3 aromatic carbocycles. The van der Waals surface area contributed by atoms with E-state index >= 15 is 0 Å². The zero-order chi connectivity index (χ0) is 13.9. The van der Waals surface area contributed by atoms with Crippen molar-refractivity contribution in [1.29, 1.82) is 0 Å². The van der Waals surface area contributed by atoms with Gasteiger partial charge in [-0.2, -0.15) is 5.11 Å². The minimum Gasteiger partial charge on any atom is -0.506 e. The van der Waals surface area contributed by atoms with E-state index in [0.717, 1.165) is 20.9 Å². The Labute approximate surface area is 124 Å². The Morgan fingerprint density at radius 1 is 0.800 bits per heavy atom. The van der Waals surface area contributed by atoms with Crippen LogP contribution >= 0.6 is 15.9 Å². The van der Waals surface area contributed by atoms with Crippen molar-refractivity contribution in [2.45, 2.75) is 0 Å². The van der Waals surface area contributed by atoms with Crippen LogP contribution in [-0.2, 0) is 0 Å². The first kappa shape index (κ1) is 12.8. The van der Waals surface area contributed by atoms with Crippen LogP contribution in [0.2, 0.25) is 0 Å². The van der Waals surface area contributed by atoms with E-state index in [2.05, 4.69) is 26.2 Å². The van der Waals surface area contributed by atoms with Crippen molar-refractivity contribution >= 4 is 38.1 Å². The molecule has 0 aliphatic heterocycles. The van der Waals surface area contributed by atoms with E-state index in [9.17, 15) is 5.11 Å². The molecule has 98 valence electrons. The summed E-state index contributed by atoms with van der Waals surface area (Å²) in [5.74, 6) is 0.129. The molecule has 4 heteroatoms. The van der Waals surface area contributed by atoms with Crippen LogP contribution in [0.1, 0.15) is 0 Å². The van der Waals surface area contributed by atoms with E-state index in [1.807, 2.05) is 54.6 Å². The van der Waals surface area contributed by atoms with Crippen LogP contribution in [0.5, 0.6) is 5.75 Å². The van der Waals surface area contributed by atoms with Crippen LogP contribution in [0.4, 0.5) is 11.4 Å². The number of rotatable bonds is 2. The third-order valence-corrected chi connectivity index (χ3v) is 3.50.